The van der Waals surface area contributed by atoms with Gasteiger partial charge in [0, 0.05) is 24.2 Å². The first-order chi connectivity index (χ1) is 7.90. The molecule has 1 aromatic rings. The van der Waals surface area contributed by atoms with Gasteiger partial charge in [0.25, 0.3) is 0 Å². The normalized spacial score (nSPS) is 14.2. The van der Waals surface area contributed by atoms with E-state index in [9.17, 15) is 8.78 Å². The zero-order valence-electron chi connectivity index (χ0n) is 11.0. The van der Waals surface area contributed by atoms with Gasteiger partial charge in [0.1, 0.15) is 0 Å². The summed E-state index contributed by atoms with van der Waals surface area (Å²) in [7, 11) is 0. The molecule has 0 aromatic heterocycles. The molecule has 3 N–H and O–H groups in total. The summed E-state index contributed by atoms with van der Waals surface area (Å²) in [4.78, 5) is 0. The van der Waals surface area contributed by atoms with E-state index in [1.165, 1.54) is 6.07 Å². The van der Waals surface area contributed by atoms with Crippen molar-refractivity contribution in [1.82, 2.24) is 5.32 Å². The van der Waals surface area contributed by atoms with Gasteiger partial charge in [-0.1, -0.05) is 26.0 Å². The van der Waals surface area contributed by atoms with Gasteiger partial charge < -0.3 is 11.1 Å². The van der Waals surface area contributed by atoms with Crippen LogP contribution in [0.25, 0.3) is 0 Å². The molecule has 0 amide bonds. The number of nitrogens with one attached hydrogen (secondary N) is 1. The SMILES string of the molecule is CC(C)C(C)(CN)NCc1cccc(F)c1F.Cl. The summed E-state index contributed by atoms with van der Waals surface area (Å²) in [6.07, 6.45) is 0. The van der Waals surface area contributed by atoms with Gasteiger partial charge in [0.2, 0.25) is 0 Å². The van der Waals surface area contributed by atoms with E-state index >= 15 is 0 Å². The Morgan fingerprint density at radius 2 is 1.94 bits per heavy atom. The number of hydrogen-bond donors (Lipinski definition) is 2. The molecule has 18 heavy (non-hydrogen) atoms. The van der Waals surface area contributed by atoms with Gasteiger partial charge in [0.15, 0.2) is 11.6 Å². The third-order valence-corrected chi connectivity index (χ3v) is 3.41. The highest BCUT2D eigenvalue weighted by molar-refractivity contribution is 5.85. The molecule has 0 saturated carbocycles. The quantitative estimate of drug-likeness (QED) is 0.869. The Labute approximate surface area is 113 Å². The molecule has 1 rings (SSSR count). The molecule has 0 heterocycles. The van der Waals surface area contributed by atoms with Gasteiger partial charge >= 0.3 is 0 Å². The second-order valence-corrected chi connectivity index (χ2v) is 4.84. The van der Waals surface area contributed by atoms with E-state index in [0.29, 0.717) is 18.0 Å². The molecule has 0 bridgehead atoms. The lowest BCUT2D eigenvalue weighted by atomic mass is 9.88. The smallest absolute Gasteiger partial charge is 0.163 e. The van der Waals surface area contributed by atoms with Crippen molar-refractivity contribution < 1.29 is 8.78 Å². The molecule has 1 unspecified atom stereocenters. The van der Waals surface area contributed by atoms with Crippen LogP contribution in [-0.4, -0.2) is 12.1 Å². The molecular weight excluding hydrogens is 258 g/mol. The minimum absolute atomic E-state index is 0. The van der Waals surface area contributed by atoms with E-state index in [2.05, 4.69) is 5.32 Å². The van der Waals surface area contributed by atoms with Crippen LogP contribution in [0.3, 0.4) is 0 Å². The average Bonchev–Trinajstić information content (AvgIpc) is 2.30. The number of hydrogen-bond acceptors (Lipinski definition) is 2. The first-order valence-corrected chi connectivity index (χ1v) is 5.78. The first kappa shape index (κ1) is 17.3. The fourth-order valence-corrected chi connectivity index (χ4v) is 1.49. The summed E-state index contributed by atoms with van der Waals surface area (Å²) < 4.78 is 26.4. The molecule has 104 valence electrons. The molecular formula is C13H21ClF2N2. The number of benzene rings is 1. The maximum absolute atomic E-state index is 13.4. The van der Waals surface area contributed by atoms with Gasteiger partial charge in [-0.3, -0.25) is 0 Å². The average molecular weight is 279 g/mol. The number of nitrogens with two attached hydrogens (primary N) is 1. The predicted molar refractivity (Wildman–Crippen MR) is 72.7 cm³/mol. The fraction of sp³-hybridized carbons (Fsp3) is 0.538. The van der Waals surface area contributed by atoms with Crippen LogP contribution in [-0.2, 0) is 6.54 Å². The lowest BCUT2D eigenvalue weighted by Gasteiger charge is -2.34. The van der Waals surface area contributed by atoms with Crippen LogP contribution in [0, 0.1) is 17.6 Å². The first-order valence-electron chi connectivity index (χ1n) is 5.78. The molecule has 0 aliphatic rings. The standard InChI is InChI=1S/C13H20F2N2.ClH/c1-9(2)13(3,8-16)17-7-10-5-4-6-11(14)12(10)15;/h4-6,9,17H,7-8,16H2,1-3H3;1H. The molecule has 0 saturated heterocycles. The van der Waals surface area contributed by atoms with Crippen LogP contribution >= 0.6 is 12.4 Å². The van der Waals surface area contributed by atoms with Crippen LogP contribution in [0.1, 0.15) is 26.3 Å². The third kappa shape index (κ3) is 3.90. The van der Waals surface area contributed by atoms with E-state index < -0.39 is 11.6 Å². The molecule has 1 aromatic carbocycles. The van der Waals surface area contributed by atoms with Crippen molar-refractivity contribution in [3.63, 3.8) is 0 Å². The summed E-state index contributed by atoms with van der Waals surface area (Å²) in [5.41, 5.74) is 5.76. The monoisotopic (exact) mass is 278 g/mol. The Morgan fingerprint density at radius 3 is 2.44 bits per heavy atom. The van der Waals surface area contributed by atoms with Crippen molar-refractivity contribution in [2.45, 2.75) is 32.9 Å². The minimum atomic E-state index is -0.816. The van der Waals surface area contributed by atoms with Gasteiger partial charge in [0.05, 0.1) is 0 Å². The van der Waals surface area contributed by atoms with Crippen LogP contribution in [0.2, 0.25) is 0 Å². The van der Waals surface area contributed by atoms with Gasteiger partial charge in [-0.2, -0.15) is 0 Å². The number of rotatable bonds is 5. The maximum atomic E-state index is 13.4. The lowest BCUT2D eigenvalue weighted by Crippen LogP contribution is -2.52. The van der Waals surface area contributed by atoms with Crippen LogP contribution in [0.5, 0.6) is 0 Å². The van der Waals surface area contributed by atoms with Crippen LogP contribution in [0.4, 0.5) is 8.78 Å². The van der Waals surface area contributed by atoms with Crippen molar-refractivity contribution in [3.8, 4) is 0 Å². The molecule has 1 atom stereocenters. The van der Waals surface area contributed by atoms with E-state index in [1.807, 2.05) is 20.8 Å². The Hall–Kier alpha value is -0.710. The molecule has 0 aliphatic carbocycles. The molecule has 5 heteroatoms. The summed E-state index contributed by atoms with van der Waals surface area (Å²) in [5, 5.41) is 3.20. The van der Waals surface area contributed by atoms with Crippen molar-refractivity contribution in [2.24, 2.45) is 11.7 Å². The fourth-order valence-electron chi connectivity index (χ4n) is 1.49. The second-order valence-electron chi connectivity index (χ2n) is 4.84. The van der Waals surface area contributed by atoms with Crippen LogP contribution < -0.4 is 11.1 Å². The third-order valence-electron chi connectivity index (χ3n) is 3.41. The molecule has 2 nitrogen and oxygen atoms in total. The Kier molecular flexibility index (Phi) is 6.74. The minimum Gasteiger partial charge on any atom is -0.329 e. The molecule has 0 spiro atoms. The molecule has 0 fully saturated rings. The van der Waals surface area contributed by atoms with E-state index in [4.69, 9.17) is 5.73 Å². The highest BCUT2D eigenvalue weighted by Crippen LogP contribution is 2.17. The van der Waals surface area contributed by atoms with E-state index in [0.717, 1.165) is 6.07 Å². The Bertz CT molecular complexity index is 385. The summed E-state index contributed by atoms with van der Waals surface area (Å²) >= 11 is 0. The van der Waals surface area contributed by atoms with Crippen molar-refractivity contribution in [3.05, 3.63) is 35.4 Å². The summed E-state index contributed by atoms with van der Waals surface area (Å²) in [5.74, 6) is -1.30. The van der Waals surface area contributed by atoms with Crippen molar-refractivity contribution in [1.29, 1.82) is 0 Å². The zero-order chi connectivity index (χ0) is 13.1. The van der Waals surface area contributed by atoms with Gasteiger partial charge in [-0.15, -0.1) is 12.4 Å². The number of halogens is 3. The largest absolute Gasteiger partial charge is 0.329 e. The maximum Gasteiger partial charge on any atom is 0.163 e. The molecule has 0 aliphatic heterocycles. The van der Waals surface area contributed by atoms with Crippen molar-refractivity contribution in [2.75, 3.05) is 6.54 Å². The van der Waals surface area contributed by atoms with Crippen LogP contribution in [0.15, 0.2) is 18.2 Å². The second kappa shape index (κ2) is 7.02. The topological polar surface area (TPSA) is 38.0 Å². The Balaban J connectivity index is 0.00000289. The highest BCUT2D eigenvalue weighted by atomic mass is 35.5. The summed E-state index contributed by atoms with van der Waals surface area (Å²) in [6, 6.07) is 4.19. The van der Waals surface area contributed by atoms with Crippen molar-refractivity contribution >= 4 is 12.4 Å². The zero-order valence-corrected chi connectivity index (χ0v) is 11.8. The van der Waals surface area contributed by atoms with E-state index in [-0.39, 0.29) is 24.5 Å². The Morgan fingerprint density at radius 1 is 1.33 bits per heavy atom. The van der Waals surface area contributed by atoms with Gasteiger partial charge in [-0.05, 0) is 18.9 Å². The van der Waals surface area contributed by atoms with Gasteiger partial charge in [-0.25, -0.2) is 8.78 Å². The highest BCUT2D eigenvalue weighted by Gasteiger charge is 2.26. The lowest BCUT2D eigenvalue weighted by molar-refractivity contribution is 0.265. The summed E-state index contributed by atoms with van der Waals surface area (Å²) in [6.45, 7) is 6.79. The predicted octanol–water partition coefficient (Wildman–Crippen LogP) is 2.85. The molecule has 0 radical (unpaired) electrons. The van der Waals surface area contributed by atoms with E-state index in [1.54, 1.807) is 6.07 Å².